The number of piperidine rings is 1. The van der Waals surface area contributed by atoms with Crippen molar-refractivity contribution in [1.82, 2.24) is 20.6 Å². The molecule has 2 unspecified atom stereocenters. The fraction of sp³-hybridized carbons (Fsp3) is 0.667. The molecule has 222 valence electrons. The van der Waals surface area contributed by atoms with Crippen LogP contribution >= 0.6 is 0 Å². The number of esters is 1. The van der Waals surface area contributed by atoms with E-state index in [1.807, 2.05) is 37.8 Å². The summed E-state index contributed by atoms with van der Waals surface area (Å²) < 4.78 is 4.74. The number of hydrogen-bond acceptors (Lipinski definition) is 7. The van der Waals surface area contributed by atoms with Crippen LogP contribution < -0.4 is 10.6 Å². The van der Waals surface area contributed by atoms with Crippen LogP contribution in [0, 0.1) is 17.3 Å². The molecule has 3 amide bonds. The Morgan fingerprint density at radius 2 is 1.73 bits per heavy atom. The second kappa shape index (κ2) is 14.6. The van der Waals surface area contributed by atoms with Crippen molar-refractivity contribution in [3.8, 4) is 0 Å². The van der Waals surface area contributed by atoms with Crippen LogP contribution in [-0.4, -0.2) is 78.2 Å². The summed E-state index contributed by atoms with van der Waals surface area (Å²) in [5.74, 6) is -0.948. The lowest BCUT2D eigenvalue weighted by atomic mass is 9.84. The standard InChI is InChI=1S/C30H46N4O6/c1-30(2,3)26(32-27(36)24(19-34(39)20-35)17-21-7-5-6-8-21)28(37)33-15-13-25(14-16-33)31-18-22-9-11-23(12-10-22)29(38)40-4/h9-12,20-21,24-26,31,39H,5-8,13-19H2,1-4H3,(H,32,36). The minimum atomic E-state index is -0.715. The van der Waals surface area contributed by atoms with Crippen molar-refractivity contribution < 1.29 is 29.1 Å². The van der Waals surface area contributed by atoms with Gasteiger partial charge in [-0.2, -0.15) is 0 Å². The molecule has 2 aliphatic rings. The Bertz CT molecular complexity index is 994. The maximum absolute atomic E-state index is 13.7. The van der Waals surface area contributed by atoms with Gasteiger partial charge in [0.1, 0.15) is 6.04 Å². The highest BCUT2D eigenvalue weighted by atomic mass is 16.5. The first-order valence-electron chi connectivity index (χ1n) is 14.4. The summed E-state index contributed by atoms with van der Waals surface area (Å²) in [5, 5.41) is 16.9. The van der Waals surface area contributed by atoms with E-state index in [1.165, 1.54) is 7.11 Å². The molecule has 1 aromatic rings. The first-order valence-corrected chi connectivity index (χ1v) is 14.4. The average molecular weight is 559 g/mol. The highest BCUT2D eigenvalue weighted by molar-refractivity contribution is 5.90. The number of benzene rings is 1. The van der Waals surface area contributed by atoms with E-state index in [0.717, 1.165) is 44.1 Å². The molecule has 0 radical (unpaired) electrons. The Morgan fingerprint density at radius 1 is 1.10 bits per heavy atom. The van der Waals surface area contributed by atoms with Crippen LogP contribution in [0.4, 0.5) is 0 Å². The van der Waals surface area contributed by atoms with Gasteiger partial charge in [-0.05, 0) is 48.3 Å². The van der Waals surface area contributed by atoms with Crippen LogP contribution in [0.15, 0.2) is 24.3 Å². The van der Waals surface area contributed by atoms with Crippen molar-refractivity contribution in [3.63, 3.8) is 0 Å². The molecule has 2 fully saturated rings. The lowest BCUT2D eigenvalue weighted by Gasteiger charge is -2.39. The Morgan fingerprint density at radius 3 is 2.27 bits per heavy atom. The molecule has 0 bridgehead atoms. The molecule has 0 aromatic heterocycles. The van der Waals surface area contributed by atoms with E-state index in [0.29, 0.717) is 49.0 Å². The number of hydrogen-bond donors (Lipinski definition) is 3. The molecular weight excluding hydrogens is 512 g/mol. The predicted octanol–water partition coefficient (Wildman–Crippen LogP) is 3.13. The van der Waals surface area contributed by atoms with E-state index < -0.39 is 17.4 Å². The normalized spacial score (nSPS) is 18.2. The third-order valence-corrected chi connectivity index (χ3v) is 8.17. The molecule has 1 saturated heterocycles. The number of methoxy groups -OCH3 is 1. The van der Waals surface area contributed by atoms with Crippen molar-refractivity contribution in [2.75, 3.05) is 26.7 Å². The highest BCUT2D eigenvalue weighted by Crippen LogP contribution is 2.31. The van der Waals surface area contributed by atoms with Gasteiger partial charge in [-0.3, -0.25) is 19.6 Å². The lowest BCUT2D eigenvalue weighted by Crippen LogP contribution is -2.58. The summed E-state index contributed by atoms with van der Waals surface area (Å²) in [5.41, 5.74) is 1.06. The van der Waals surface area contributed by atoms with Crippen molar-refractivity contribution in [3.05, 3.63) is 35.4 Å². The number of hydroxylamine groups is 2. The Labute approximate surface area is 237 Å². The average Bonchev–Trinajstić information content (AvgIpc) is 3.46. The highest BCUT2D eigenvalue weighted by Gasteiger charge is 2.38. The number of rotatable bonds is 12. The molecule has 3 N–H and O–H groups in total. The van der Waals surface area contributed by atoms with Crippen LogP contribution in [0.25, 0.3) is 0 Å². The summed E-state index contributed by atoms with van der Waals surface area (Å²) in [4.78, 5) is 51.6. The Balaban J connectivity index is 1.55. The van der Waals surface area contributed by atoms with Gasteiger partial charge in [-0.1, -0.05) is 58.6 Å². The molecule has 10 nitrogen and oxygen atoms in total. The predicted molar refractivity (Wildman–Crippen MR) is 150 cm³/mol. The number of carbonyl (C=O) groups is 4. The van der Waals surface area contributed by atoms with Gasteiger partial charge in [0.15, 0.2) is 0 Å². The van der Waals surface area contributed by atoms with Gasteiger partial charge >= 0.3 is 5.97 Å². The van der Waals surface area contributed by atoms with E-state index in [2.05, 4.69) is 10.6 Å². The van der Waals surface area contributed by atoms with Crippen LogP contribution in [0.1, 0.15) is 81.6 Å². The second-order valence-corrected chi connectivity index (χ2v) is 12.3. The summed E-state index contributed by atoms with van der Waals surface area (Å²) in [6, 6.07) is 6.84. The van der Waals surface area contributed by atoms with Gasteiger partial charge in [0.25, 0.3) is 0 Å². The largest absolute Gasteiger partial charge is 0.465 e. The number of ether oxygens (including phenoxy) is 1. The van der Waals surface area contributed by atoms with E-state index >= 15 is 0 Å². The Kier molecular flexibility index (Phi) is 11.5. The van der Waals surface area contributed by atoms with Gasteiger partial charge < -0.3 is 20.3 Å². The van der Waals surface area contributed by atoms with E-state index in [-0.39, 0.29) is 30.4 Å². The second-order valence-electron chi connectivity index (χ2n) is 12.3. The molecule has 1 heterocycles. The van der Waals surface area contributed by atoms with Crippen molar-refractivity contribution in [1.29, 1.82) is 0 Å². The first kappa shape index (κ1) is 31.5. The SMILES string of the molecule is COC(=O)c1ccc(CNC2CCN(C(=O)C(NC(=O)C(CC3CCCC3)CN(O)C=O)C(C)(C)C)CC2)cc1. The summed E-state index contributed by atoms with van der Waals surface area (Å²) in [7, 11) is 1.36. The molecule has 1 aliphatic carbocycles. The fourth-order valence-corrected chi connectivity index (χ4v) is 5.72. The number of amides is 3. The molecule has 0 spiro atoms. The van der Waals surface area contributed by atoms with Gasteiger partial charge in [0.2, 0.25) is 18.2 Å². The zero-order chi connectivity index (χ0) is 29.3. The summed E-state index contributed by atoms with van der Waals surface area (Å²) >= 11 is 0. The summed E-state index contributed by atoms with van der Waals surface area (Å²) in [6.45, 7) is 7.55. The third kappa shape index (κ3) is 9.02. The summed E-state index contributed by atoms with van der Waals surface area (Å²) in [6.07, 6.45) is 6.83. The lowest BCUT2D eigenvalue weighted by molar-refractivity contribution is -0.156. The van der Waals surface area contributed by atoms with Crippen molar-refractivity contribution in [2.24, 2.45) is 17.3 Å². The van der Waals surface area contributed by atoms with Gasteiger partial charge in [-0.15, -0.1) is 0 Å². The number of carbonyl (C=O) groups excluding carboxylic acids is 4. The number of nitrogens with one attached hydrogen (secondary N) is 2. The van der Waals surface area contributed by atoms with Crippen molar-refractivity contribution >= 4 is 24.2 Å². The molecule has 40 heavy (non-hydrogen) atoms. The Hall–Kier alpha value is -2.98. The maximum Gasteiger partial charge on any atom is 0.337 e. The third-order valence-electron chi connectivity index (χ3n) is 8.17. The minimum Gasteiger partial charge on any atom is -0.465 e. The maximum atomic E-state index is 13.7. The van der Waals surface area contributed by atoms with Crippen LogP contribution in [0.5, 0.6) is 0 Å². The van der Waals surface area contributed by atoms with E-state index in [9.17, 15) is 24.4 Å². The molecule has 1 aromatic carbocycles. The number of nitrogens with zero attached hydrogens (tertiary/aromatic N) is 2. The fourth-order valence-electron chi connectivity index (χ4n) is 5.72. The zero-order valence-electron chi connectivity index (χ0n) is 24.4. The van der Waals surface area contributed by atoms with Crippen LogP contribution in [0.2, 0.25) is 0 Å². The minimum absolute atomic E-state index is 0.0840. The van der Waals surface area contributed by atoms with E-state index in [4.69, 9.17) is 4.74 Å². The van der Waals surface area contributed by atoms with Gasteiger partial charge in [0, 0.05) is 25.7 Å². The zero-order valence-corrected chi connectivity index (χ0v) is 24.4. The van der Waals surface area contributed by atoms with Crippen LogP contribution in [-0.2, 0) is 25.7 Å². The van der Waals surface area contributed by atoms with E-state index in [1.54, 1.807) is 12.1 Å². The molecule has 10 heteroatoms. The molecule has 2 atom stereocenters. The molecule has 1 saturated carbocycles. The first-order chi connectivity index (χ1) is 19.0. The molecule has 1 aliphatic heterocycles. The van der Waals surface area contributed by atoms with Crippen LogP contribution in [0.3, 0.4) is 0 Å². The van der Waals surface area contributed by atoms with Crippen molar-refractivity contribution in [2.45, 2.75) is 84.3 Å². The molecule has 3 rings (SSSR count). The monoisotopic (exact) mass is 558 g/mol. The van der Waals surface area contributed by atoms with Gasteiger partial charge in [-0.25, -0.2) is 9.86 Å². The molecular formula is C30H46N4O6. The quantitative estimate of drug-likeness (QED) is 0.156. The number of likely N-dealkylation sites (tertiary alicyclic amines) is 1. The van der Waals surface area contributed by atoms with Gasteiger partial charge in [0.05, 0.1) is 25.1 Å². The topological polar surface area (TPSA) is 128 Å². The smallest absolute Gasteiger partial charge is 0.337 e.